The van der Waals surface area contributed by atoms with Crippen LogP contribution in [0.3, 0.4) is 0 Å². The van der Waals surface area contributed by atoms with Crippen molar-refractivity contribution >= 4 is 17.9 Å². The Morgan fingerprint density at radius 2 is 0.534 bits per heavy atom. The topological polar surface area (TPSA) is 78.9 Å². The Bertz CT molecular complexity index is 1490. The zero-order chi connectivity index (χ0) is 52.9. The van der Waals surface area contributed by atoms with Gasteiger partial charge in [0.15, 0.2) is 6.10 Å². The van der Waals surface area contributed by atoms with E-state index in [1.807, 2.05) is 6.08 Å². The van der Waals surface area contributed by atoms with Crippen molar-refractivity contribution in [2.45, 2.75) is 284 Å². The molecule has 0 unspecified atom stereocenters. The van der Waals surface area contributed by atoms with Gasteiger partial charge in [-0.25, -0.2) is 0 Å². The van der Waals surface area contributed by atoms with Gasteiger partial charge in [0.05, 0.1) is 0 Å². The van der Waals surface area contributed by atoms with E-state index in [2.05, 4.69) is 124 Å². The van der Waals surface area contributed by atoms with Gasteiger partial charge in [0.1, 0.15) is 13.2 Å². The summed E-state index contributed by atoms with van der Waals surface area (Å²) in [7, 11) is 0. The molecule has 6 nitrogen and oxygen atoms in total. The van der Waals surface area contributed by atoms with Gasteiger partial charge < -0.3 is 14.2 Å². The Morgan fingerprint density at radius 1 is 0.274 bits per heavy atom. The summed E-state index contributed by atoms with van der Waals surface area (Å²) in [4.78, 5) is 38.2. The van der Waals surface area contributed by atoms with Crippen molar-refractivity contribution in [3.8, 4) is 0 Å². The van der Waals surface area contributed by atoms with Crippen LogP contribution in [0.25, 0.3) is 0 Å². The minimum absolute atomic E-state index is 0.123. The van der Waals surface area contributed by atoms with Crippen molar-refractivity contribution in [2.75, 3.05) is 13.2 Å². The third-order valence-corrected chi connectivity index (χ3v) is 12.7. The summed E-state index contributed by atoms with van der Waals surface area (Å²) in [6.45, 7) is 6.50. The first-order chi connectivity index (χ1) is 36.0. The fourth-order valence-corrected chi connectivity index (χ4v) is 8.14. The van der Waals surface area contributed by atoms with Crippen molar-refractivity contribution < 1.29 is 28.6 Å². The first kappa shape index (κ1) is 69.1. The third kappa shape index (κ3) is 58.8. The second-order valence-electron chi connectivity index (χ2n) is 19.9. The van der Waals surface area contributed by atoms with Gasteiger partial charge in [-0.05, 0) is 116 Å². The van der Waals surface area contributed by atoms with Crippen molar-refractivity contribution in [2.24, 2.45) is 0 Å². The van der Waals surface area contributed by atoms with Gasteiger partial charge >= 0.3 is 17.9 Å². The lowest BCUT2D eigenvalue weighted by Crippen LogP contribution is -2.30. The monoisotopic (exact) mass is 1010 g/mol. The van der Waals surface area contributed by atoms with E-state index in [-0.39, 0.29) is 44.0 Å². The Labute approximate surface area is 450 Å². The van der Waals surface area contributed by atoms with Crippen LogP contribution in [0, 0.1) is 0 Å². The number of hydrogen-bond acceptors (Lipinski definition) is 6. The van der Waals surface area contributed by atoms with Gasteiger partial charge in [0, 0.05) is 19.3 Å². The molecule has 0 spiro atoms. The highest BCUT2D eigenvalue weighted by molar-refractivity contribution is 5.71. The number of unbranched alkanes of at least 4 members (excludes halogenated alkanes) is 25. The molecule has 0 fully saturated rings. The number of esters is 3. The van der Waals surface area contributed by atoms with Gasteiger partial charge in [-0.2, -0.15) is 0 Å². The largest absolute Gasteiger partial charge is 0.462 e. The first-order valence-corrected chi connectivity index (χ1v) is 30.4. The second kappa shape index (κ2) is 60.6. The number of allylic oxidation sites excluding steroid dienone is 18. The van der Waals surface area contributed by atoms with Gasteiger partial charge in [-0.3, -0.25) is 14.4 Å². The van der Waals surface area contributed by atoms with Crippen LogP contribution < -0.4 is 0 Å². The average molecular weight is 1010 g/mol. The fraction of sp³-hybridized carbons (Fsp3) is 0.687. The molecule has 0 aliphatic rings. The molecule has 0 radical (unpaired) electrons. The summed E-state index contributed by atoms with van der Waals surface area (Å²) in [5, 5.41) is 0. The summed E-state index contributed by atoms with van der Waals surface area (Å²) < 4.78 is 16.8. The highest BCUT2D eigenvalue weighted by Gasteiger charge is 2.19. The van der Waals surface area contributed by atoms with Crippen LogP contribution in [0.4, 0.5) is 0 Å². The van der Waals surface area contributed by atoms with Crippen molar-refractivity contribution in [1.82, 2.24) is 0 Å². The fourth-order valence-electron chi connectivity index (χ4n) is 8.14. The predicted molar refractivity (Wildman–Crippen MR) is 316 cm³/mol. The maximum Gasteiger partial charge on any atom is 0.306 e. The second-order valence-corrected chi connectivity index (χ2v) is 19.9. The summed E-state index contributed by atoms with van der Waals surface area (Å²) in [5.41, 5.74) is 0. The molecule has 0 saturated carbocycles. The molecule has 0 saturated heterocycles. The highest BCUT2D eigenvalue weighted by atomic mass is 16.6. The van der Waals surface area contributed by atoms with Crippen molar-refractivity contribution in [1.29, 1.82) is 0 Å². The van der Waals surface area contributed by atoms with E-state index in [0.29, 0.717) is 19.3 Å². The Hall–Kier alpha value is -3.93. The SMILES string of the molecule is CCCCC/C=C\C/C=C\C/C=C\C/C=C\C/C=C\CCC(=O)OC[C@H](COC(=O)CCCCCCCCCCC/C=C\CCCCCCCC)OC(=O)CCC/C=C\C/C=C\C/C=C\CCCCCCCC. The highest BCUT2D eigenvalue weighted by Crippen LogP contribution is 2.14. The number of hydrogen-bond donors (Lipinski definition) is 0. The lowest BCUT2D eigenvalue weighted by atomic mass is 10.1. The van der Waals surface area contributed by atoms with Crippen LogP contribution in [0.2, 0.25) is 0 Å². The zero-order valence-corrected chi connectivity index (χ0v) is 47.6. The van der Waals surface area contributed by atoms with Crippen LogP contribution in [0.5, 0.6) is 0 Å². The number of carbonyl (C=O) groups excluding carboxylic acids is 3. The van der Waals surface area contributed by atoms with E-state index in [4.69, 9.17) is 14.2 Å². The van der Waals surface area contributed by atoms with Crippen molar-refractivity contribution in [3.05, 3.63) is 109 Å². The minimum atomic E-state index is -0.838. The van der Waals surface area contributed by atoms with Crippen LogP contribution in [0.1, 0.15) is 278 Å². The van der Waals surface area contributed by atoms with Crippen LogP contribution in [-0.2, 0) is 28.6 Å². The lowest BCUT2D eigenvalue weighted by Gasteiger charge is -2.18. The Kier molecular flexibility index (Phi) is 57.4. The van der Waals surface area contributed by atoms with E-state index in [0.717, 1.165) is 64.2 Å². The van der Waals surface area contributed by atoms with Crippen LogP contribution in [0.15, 0.2) is 109 Å². The standard InChI is InChI=1S/C67H112O6/c1-4-7-10-13-16-19-22-25-28-31-33-36-38-41-44-47-50-53-56-59-65(68)71-62-64(73-67(70)61-58-55-52-49-46-43-40-35-30-27-24-21-18-15-12-9-6-3)63-72-66(69)60-57-54-51-48-45-42-39-37-34-32-29-26-23-20-17-14-11-8-5-2/h16,19,25-30,33,36,40-41,43-44,49-50,52-53,64H,4-15,17-18,20-24,31-32,34-35,37-39,42,45-48,51,54-63H2,1-3H3/b19-16-,28-25-,29-26-,30-27-,36-33-,43-40-,44-41-,52-49-,53-50-/t64-/m1/s1. The molecule has 0 N–H and O–H groups in total. The summed E-state index contributed by atoms with van der Waals surface area (Å²) >= 11 is 0. The van der Waals surface area contributed by atoms with Gasteiger partial charge in [-0.1, -0.05) is 252 Å². The zero-order valence-electron chi connectivity index (χ0n) is 47.6. The molecule has 0 aliphatic heterocycles. The third-order valence-electron chi connectivity index (χ3n) is 12.7. The molecule has 0 bridgehead atoms. The summed E-state index contributed by atoms with van der Waals surface area (Å²) in [6.07, 6.45) is 82.4. The number of carbonyl (C=O) groups is 3. The van der Waals surface area contributed by atoms with E-state index < -0.39 is 6.10 Å². The van der Waals surface area contributed by atoms with Gasteiger partial charge in [-0.15, -0.1) is 0 Å². The van der Waals surface area contributed by atoms with E-state index in [1.54, 1.807) is 0 Å². The molecule has 0 amide bonds. The van der Waals surface area contributed by atoms with Gasteiger partial charge in [0.25, 0.3) is 0 Å². The predicted octanol–water partition coefficient (Wildman–Crippen LogP) is 20.7. The average Bonchev–Trinajstić information content (AvgIpc) is 3.39. The summed E-state index contributed by atoms with van der Waals surface area (Å²) in [6, 6.07) is 0. The molecule has 416 valence electrons. The minimum Gasteiger partial charge on any atom is -0.462 e. The molecular weight excluding hydrogens is 901 g/mol. The maximum absolute atomic E-state index is 12.9. The Balaban J connectivity index is 4.56. The molecule has 0 aromatic rings. The van der Waals surface area contributed by atoms with Crippen molar-refractivity contribution in [3.63, 3.8) is 0 Å². The first-order valence-electron chi connectivity index (χ1n) is 30.4. The van der Waals surface area contributed by atoms with E-state index >= 15 is 0 Å². The van der Waals surface area contributed by atoms with E-state index in [9.17, 15) is 14.4 Å². The molecule has 1 atom stereocenters. The molecule has 0 heterocycles. The normalized spacial score (nSPS) is 12.9. The molecular formula is C67H112O6. The molecule has 73 heavy (non-hydrogen) atoms. The van der Waals surface area contributed by atoms with Crippen LogP contribution >= 0.6 is 0 Å². The number of rotatable bonds is 54. The number of ether oxygens (including phenoxy) is 3. The quantitative estimate of drug-likeness (QED) is 0.0261. The van der Waals surface area contributed by atoms with E-state index in [1.165, 1.54) is 161 Å². The Morgan fingerprint density at radius 3 is 0.932 bits per heavy atom. The van der Waals surface area contributed by atoms with Gasteiger partial charge in [0.2, 0.25) is 0 Å². The lowest BCUT2D eigenvalue weighted by molar-refractivity contribution is -0.166. The maximum atomic E-state index is 12.9. The molecule has 0 aliphatic carbocycles. The molecule has 0 rings (SSSR count). The summed E-state index contributed by atoms with van der Waals surface area (Å²) in [5.74, 6) is -1.06. The molecule has 0 aromatic heterocycles. The smallest absolute Gasteiger partial charge is 0.306 e. The van der Waals surface area contributed by atoms with Crippen LogP contribution in [-0.4, -0.2) is 37.2 Å². The molecule has 6 heteroatoms. The molecule has 0 aromatic carbocycles.